The lowest BCUT2D eigenvalue weighted by Gasteiger charge is -2.25. The molecule has 0 saturated heterocycles. The molecule has 0 aliphatic rings. The Morgan fingerprint density at radius 1 is 0.913 bits per heavy atom. The van der Waals surface area contributed by atoms with Gasteiger partial charge < -0.3 is 15.1 Å². The fourth-order valence-corrected chi connectivity index (χ4v) is 2.42. The Morgan fingerprint density at radius 3 is 1.87 bits per heavy atom. The number of phenols is 2. The van der Waals surface area contributed by atoms with Crippen LogP contribution in [-0.4, -0.2) is 27.6 Å². The summed E-state index contributed by atoms with van der Waals surface area (Å²) < 4.78 is 0. The first-order valence-electron chi connectivity index (χ1n) is 7.77. The molecule has 1 amide bonds. The summed E-state index contributed by atoms with van der Waals surface area (Å²) in [7, 11) is 0. The molecular formula is C19H23NO3. The zero-order valence-electron chi connectivity index (χ0n) is 13.6. The van der Waals surface area contributed by atoms with E-state index in [2.05, 4.69) is 13.8 Å². The van der Waals surface area contributed by atoms with Crippen LogP contribution in [0.3, 0.4) is 0 Å². The molecule has 0 heterocycles. The van der Waals surface area contributed by atoms with Gasteiger partial charge in [0.15, 0.2) is 0 Å². The van der Waals surface area contributed by atoms with E-state index in [0.29, 0.717) is 25.4 Å². The second kappa shape index (κ2) is 7.68. The van der Waals surface area contributed by atoms with Crippen LogP contribution in [0.4, 0.5) is 0 Å². The van der Waals surface area contributed by atoms with Crippen LogP contribution in [0, 0.1) is 5.92 Å². The van der Waals surface area contributed by atoms with Crippen molar-refractivity contribution in [2.24, 2.45) is 5.92 Å². The first kappa shape index (κ1) is 16.9. The highest BCUT2D eigenvalue weighted by Crippen LogP contribution is 2.15. The normalized spacial score (nSPS) is 10.7. The van der Waals surface area contributed by atoms with Gasteiger partial charge in [0.05, 0.1) is 6.42 Å². The van der Waals surface area contributed by atoms with Gasteiger partial charge in [-0.3, -0.25) is 4.79 Å². The van der Waals surface area contributed by atoms with Crippen LogP contribution >= 0.6 is 0 Å². The number of phenolic OH excluding ortho intramolecular Hbond substituents is 2. The summed E-state index contributed by atoms with van der Waals surface area (Å²) in [5, 5.41) is 18.7. The predicted molar refractivity (Wildman–Crippen MR) is 90.2 cm³/mol. The Kier molecular flexibility index (Phi) is 5.63. The number of hydrogen-bond donors (Lipinski definition) is 2. The molecule has 4 nitrogen and oxygen atoms in total. The monoisotopic (exact) mass is 313 g/mol. The zero-order valence-corrected chi connectivity index (χ0v) is 13.6. The number of aromatic hydroxyl groups is 2. The average molecular weight is 313 g/mol. The summed E-state index contributed by atoms with van der Waals surface area (Å²) in [6.45, 7) is 5.36. The van der Waals surface area contributed by atoms with E-state index in [1.54, 1.807) is 36.4 Å². The molecule has 2 N–H and O–H groups in total. The molecule has 0 unspecified atom stereocenters. The van der Waals surface area contributed by atoms with Crippen LogP contribution < -0.4 is 0 Å². The molecule has 0 radical (unpaired) electrons. The van der Waals surface area contributed by atoms with E-state index in [9.17, 15) is 15.0 Å². The van der Waals surface area contributed by atoms with Crippen molar-refractivity contribution in [1.29, 1.82) is 0 Å². The molecule has 0 atom stereocenters. The average Bonchev–Trinajstić information content (AvgIpc) is 2.50. The number of benzene rings is 2. The molecule has 0 aliphatic heterocycles. The number of nitrogens with zero attached hydrogens (tertiary/aromatic N) is 1. The summed E-state index contributed by atoms with van der Waals surface area (Å²) in [6, 6.07) is 13.6. The van der Waals surface area contributed by atoms with Gasteiger partial charge in [-0.1, -0.05) is 38.1 Å². The van der Waals surface area contributed by atoms with Crippen molar-refractivity contribution in [2.45, 2.75) is 26.8 Å². The van der Waals surface area contributed by atoms with Crippen LogP contribution in [0.2, 0.25) is 0 Å². The Hall–Kier alpha value is -2.49. The van der Waals surface area contributed by atoms with E-state index in [4.69, 9.17) is 0 Å². The van der Waals surface area contributed by atoms with Crippen molar-refractivity contribution >= 4 is 5.91 Å². The highest BCUT2D eigenvalue weighted by atomic mass is 16.3. The van der Waals surface area contributed by atoms with Crippen molar-refractivity contribution in [3.63, 3.8) is 0 Å². The summed E-state index contributed by atoms with van der Waals surface area (Å²) in [5.74, 6) is 0.845. The van der Waals surface area contributed by atoms with Gasteiger partial charge in [-0.15, -0.1) is 0 Å². The lowest BCUT2D eigenvalue weighted by Crippen LogP contribution is -2.34. The molecule has 0 bridgehead atoms. The summed E-state index contributed by atoms with van der Waals surface area (Å²) >= 11 is 0. The second-order valence-corrected chi connectivity index (χ2v) is 6.18. The number of carbonyl (C=O) groups excluding carboxylic acids is 1. The van der Waals surface area contributed by atoms with Gasteiger partial charge in [0.2, 0.25) is 5.91 Å². The van der Waals surface area contributed by atoms with Gasteiger partial charge in [0, 0.05) is 13.1 Å². The minimum Gasteiger partial charge on any atom is -0.508 e. The molecule has 122 valence electrons. The first-order chi connectivity index (χ1) is 10.9. The van der Waals surface area contributed by atoms with Crippen molar-refractivity contribution in [2.75, 3.05) is 6.54 Å². The topological polar surface area (TPSA) is 60.8 Å². The van der Waals surface area contributed by atoms with E-state index in [1.165, 1.54) is 0 Å². The molecule has 4 heteroatoms. The Bertz CT molecular complexity index is 633. The number of rotatable bonds is 6. The van der Waals surface area contributed by atoms with E-state index in [1.807, 2.05) is 17.0 Å². The maximum absolute atomic E-state index is 12.6. The highest BCUT2D eigenvalue weighted by molar-refractivity contribution is 5.78. The first-order valence-corrected chi connectivity index (χ1v) is 7.77. The van der Waals surface area contributed by atoms with Crippen molar-refractivity contribution in [1.82, 2.24) is 4.90 Å². The maximum atomic E-state index is 12.6. The number of hydrogen-bond acceptors (Lipinski definition) is 3. The molecule has 0 saturated carbocycles. The third-order valence-electron chi connectivity index (χ3n) is 3.54. The van der Waals surface area contributed by atoms with Crippen molar-refractivity contribution in [3.05, 3.63) is 59.7 Å². The summed E-state index contributed by atoms with van der Waals surface area (Å²) in [5.41, 5.74) is 1.87. The van der Waals surface area contributed by atoms with Gasteiger partial charge in [-0.25, -0.2) is 0 Å². The van der Waals surface area contributed by atoms with Gasteiger partial charge in [-0.05, 0) is 41.3 Å². The van der Waals surface area contributed by atoms with Gasteiger partial charge in [0.1, 0.15) is 11.5 Å². The molecule has 2 aromatic carbocycles. The van der Waals surface area contributed by atoms with Crippen LogP contribution in [0.15, 0.2) is 48.5 Å². The maximum Gasteiger partial charge on any atom is 0.227 e. The third-order valence-corrected chi connectivity index (χ3v) is 3.54. The van der Waals surface area contributed by atoms with Crippen LogP contribution in [-0.2, 0) is 17.8 Å². The van der Waals surface area contributed by atoms with Gasteiger partial charge in [-0.2, -0.15) is 0 Å². The van der Waals surface area contributed by atoms with Crippen LogP contribution in [0.5, 0.6) is 11.5 Å². The summed E-state index contributed by atoms with van der Waals surface area (Å²) in [4.78, 5) is 14.5. The van der Waals surface area contributed by atoms with Crippen molar-refractivity contribution in [3.8, 4) is 11.5 Å². The molecular weight excluding hydrogens is 290 g/mol. The fourth-order valence-electron chi connectivity index (χ4n) is 2.42. The standard InChI is InChI=1S/C19H23NO3/c1-14(2)12-20(13-16-5-9-18(22)10-6-16)19(23)11-15-3-7-17(21)8-4-15/h3-10,14,21-22H,11-13H2,1-2H3. The second-order valence-electron chi connectivity index (χ2n) is 6.18. The lowest BCUT2D eigenvalue weighted by atomic mass is 10.1. The quantitative estimate of drug-likeness (QED) is 0.860. The highest BCUT2D eigenvalue weighted by Gasteiger charge is 2.16. The fraction of sp³-hybridized carbons (Fsp3) is 0.316. The molecule has 0 aromatic heterocycles. The summed E-state index contributed by atoms with van der Waals surface area (Å²) in [6.07, 6.45) is 0.311. The van der Waals surface area contributed by atoms with Crippen LogP contribution in [0.25, 0.3) is 0 Å². The third kappa shape index (κ3) is 5.33. The minimum atomic E-state index is 0.0532. The van der Waals surface area contributed by atoms with E-state index in [-0.39, 0.29) is 17.4 Å². The number of amides is 1. The zero-order chi connectivity index (χ0) is 16.8. The lowest BCUT2D eigenvalue weighted by molar-refractivity contribution is -0.131. The SMILES string of the molecule is CC(C)CN(Cc1ccc(O)cc1)C(=O)Cc1ccc(O)cc1. The molecule has 23 heavy (non-hydrogen) atoms. The van der Waals surface area contributed by atoms with Gasteiger partial charge in [0.25, 0.3) is 0 Å². The molecule has 0 aliphatic carbocycles. The predicted octanol–water partition coefficient (Wildman–Crippen LogP) is 3.33. The smallest absolute Gasteiger partial charge is 0.227 e. The molecule has 0 spiro atoms. The van der Waals surface area contributed by atoms with Crippen molar-refractivity contribution < 1.29 is 15.0 Å². The molecule has 2 rings (SSSR count). The largest absolute Gasteiger partial charge is 0.508 e. The van der Waals surface area contributed by atoms with E-state index >= 15 is 0 Å². The Balaban J connectivity index is 2.08. The van der Waals surface area contributed by atoms with E-state index in [0.717, 1.165) is 11.1 Å². The Labute approximate surface area is 137 Å². The van der Waals surface area contributed by atoms with E-state index < -0.39 is 0 Å². The van der Waals surface area contributed by atoms with Crippen LogP contribution in [0.1, 0.15) is 25.0 Å². The Morgan fingerprint density at radius 2 is 1.39 bits per heavy atom. The number of carbonyl (C=O) groups is 1. The molecule has 0 fully saturated rings. The molecule has 2 aromatic rings. The minimum absolute atomic E-state index is 0.0532. The van der Waals surface area contributed by atoms with Gasteiger partial charge >= 0.3 is 0 Å².